The standard InChI is InChI=1S/C14H25NO/c1-12-4-2-7-14(8-12,11-16)15-9-13(10-15)5-3-6-13/h12,16H,2-11H2,1H3. The monoisotopic (exact) mass is 223 g/mol. The molecule has 0 radical (unpaired) electrons. The number of nitrogens with zero attached hydrogens (tertiary/aromatic N) is 1. The van der Waals surface area contributed by atoms with Gasteiger partial charge in [0.05, 0.1) is 6.61 Å². The van der Waals surface area contributed by atoms with Crippen molar-refractivity contribution in [1.29, 1.82) is 0 Å². The van der Waals surface area contributed by atoms with Gasteiger partial charge in [-0.15, -0.1) is 0 Å². The predicted molar refractivity (Wildman–Crippen MR) is 65.3 cm³/mol. The summed E-state index contributed by atoms with van der Waals surface area (Å²) in [5.41, 5.74) is 0.862. The number of hydrogen-bond acceptors (Lipinski definition) is 2. The summed E-state index contributed by atoms with van der Waals surface area (Å²) in [6.07, 6.45) is 9.45. The highest BCUT2D eigenvalue weighted by Gasteiger charge is 2.54. The minimum absolute atomic E-state index is 0.165. The number of likely N-dealkylation sites (tertiary alicyclic amines) is 1. The number of aliphatic hydroxyl groups excluding tert-OH is 1. The minimum atomic E-state index is 0.165. The summed E-state index contributed by atoms with van der Waals surface area (Å²) in [7, 11) is 0. The molecule has 2 saturated carbocycles. The van der Waals surface area contributed by atoms with Gasteiger partial charge in [-0.25, -0.2) is 0 Å². The van der Waals surface area contributed by atoms with Crippen LogP contribution in [0.1, 0.15) is 51.9 Å². The van der Waals surface area contributed by atoms with Crippen molar-refractivity contribution < 1.29 is 5.11 Å². The van der Waals surface area contributed by atoms with Crippen LogP contribution in [0, 0.1) is 11.3 Å². The van der Waals surface area contributed by atoms with Crippen molar-refractivity contribution in [2.75, 3.05) is 19.7 Å². The van der Waals surface area contributed by atoms with Gasteiger partial charge < -0.3 is 5.11 Å². The van der Waals surface area contributed by atoms with E-state index in [2.05, 4.69) is 11.8 Å². The molecule has 16 heavy (non-hydrogen) atoms. The maximum atomic E-state index is 9.81. The minimum Gasteiger partial charge on any atom is -0.394 e. The van der Waals surface area contributed by atoms with Gasteiger partial charge in [0.15, 0.2) is 0 Å². The van der Waals surface area contributed by atoms with Crippen molar-refractivity contribution in [3.8, 4) is 0 Å². The van der Waals surface area contributed by atoms with Gasteiger partial charge in [0.2, 0.25) is 0 Å². The summed E-state index contributed by atoms with van der Waals surface area (Å²) >= 11 is 0. The molecule has 0 aromatic heterocycles. The highest BCUT2D eigenvalue weighted by molar-refractivity contribution is 5.08. The molecule has 2 nitrogen and oxygen atoms in total. The number of aliphatic hydroxyl groups is 1. The first-order valence-corrected chi connectivity index (χ1v) is 7.04. The first-order chi connectivity index (χ1) is 7.68. The van der Waals surface area contributed by atoms with Crippen molar-refractivity contribution in [3.63, 3.8) is 0 Å². The second-order valence-corrected chi connectivity index (χ2v) is 6.79. The lowest BCUT2D eigenvalue weighted by Crippen LogP contribution is -2.69. The van der Waals surface area contributed by atoms with E-state index in [1.807, 2.05) is 0 Å². The molecule has 0 amide bonds. The van der Waals surface area contributed by atoms with Crippen molar-refractivity contribution >= 4 is 0 Å². The normalized spacial score (nSPS) is 42.8. The lowest BCUT2D eigenvalue weighted by molar-refractivity contribution is -0.147. The highest BCUT2D eigenvalue weighted by Crippen LogP contribution is 2.52. The second-order valence-electron chi connectivity index (χ2n) is 6.79. The van der Waals surface area contributed by atoms with Gasteiger partial charge in [0.25, 0.3) is 0 Å². The Balaban J connectivity index is 1.66. The van der Waals surface area contributed by atoms with Crippen LogP contribution in [0.5, 0.6) is 0 Å². The predicted octanol–water partition coefficient (Wildman–Crippen LogP) is 2.41. The maximum absolute atomic E-state index is 9.81. The first-order valence-electron chi connectivity index (χ1n) is 7.04. The van der Waals surface area contributed by atoms with E-state index < -0.39 is 0 Å². The van der Waals surface area contributed by atoms with Gasteiger partial charge in [0, 0.05) is 18.6 Å². The zero-order valence-corrected chi connectivity index (χ0v) is 10.5. The van der Waals surface area contributed by atoms with Crippen LogP contribution in [-0.4, -0.2) is 35.2 Å². The van der Waals surface area contributed by atoms with Crippen LogP contribution in [0.3, 0.4) is 0 Å². The fraction of sp³-hybridized carbons (Fsp3) is 1.00. The zero-order chi connectivity index (χ0) is 11.2. The van der Waals surface area contributed by atoms with Crippen LogP contribution in [-0.2, 0) is 0 Å². The topological polar surface area (TPSA) is 23.5 Å². The molecule has 92 valence electrons. The molecule has 3 aliphatic rings. The molecule has 1 heterocycles. The average Bonchev–Trinajstić information content (AvgIpc) is 2.13. The van der Waals surface area contributed by atoms with Crippen LogP contribution in [0.2, 0.25) is 0 Å². The number of rotatable bonds is 2. The first kappa shape index (κ1) is 11.0. The molecule has 1 saturated heterocycles. The highest BCUT2D eigenvalue weighted by atomic mass is 16.3. The van der Waals surface area contributed by atoms with Gasteiger partial charge in [-0.2, -0.15) is 0 Å². The van der Waals surface area contributed by atoms with Crippen molar-refractivity contribution in [2.24, 2.45) is 11.3 Å². The fourth-order valence-corrected chi connectivity index (χ4v) is 4.26. The third kappa shape index (κ3) is 1.53. The maximum Gasteiger partial charge on any atom is 0.0615 e. The number of hydrogen-bond donors (Lipinski definition) is 1. The summed E-state index contributed by atoms with van der Waals surface area (Å²) in [5.74, 6) is 0.804. The van der Waals surface area contributed by atoms with Crippen molar-refractivity contribution in [1.82, 2.24) is 4.90 Å². The Morgan fingerprint density at radius 3 is 2.44 bits per heavy atom. The molecule has 0 aromatic rings. The summed E-state index contributed by atoms with van der Waals surface area (Å²) < 4.78 is 0. The van der Waals surface area contributed by atoms with E-state index in [4.69, 9.17) is 0 Å². The Morgan fingerprint density at radius 2 is 1.94 bits per heavy atom. The fourth-order valence-electron chi connectivity index (χ4n) is 4.26. The molecule has 2 aliphatic carbocycles. The molecule has 1 aliphatic heterocycles. The molecule has 2 unspecified atom stereocenters. The van der Waals surface area contributed by atoms with E-state index >= 15 is 0 Å². The van der Waals surface area contributed by atoms with Crippen LogP contribution in [0.15, 0.2) is 0 Å². The van der Waals surface area contributed by atoms with E-state index in [9.17, 15) is 5.11 Å². The SMILES string of the molecule is CC1CCCC(CO)(N2CC3(CCC3)C2)C1. The third-order valence-electron chi connectivity index (χ3n) is 5.50. The van der Waals surface area contributed by atoms with E-state index in [-0.39, 0.29) is 5.54 Å². The quantitative estimate of drug-likeness (QED) is 0.777. The summed E-state index contributed by atoms with van der Waals surface area (Å²) in [4.78, 5) is 2.61. The van der Waals surface area contributed by atoms with Gasteiger partial charge in [-0.1, -0.05) is 26.2 Å². The van der Waals surface area contributed by atoms with Crippen molar-refractivity contribution in [2.45, 2.75) is 57.4 Å². The molecular weight excluding hydrogens is 198 g/mol. The van der Waals surface area contributed by atoms with Crippen LogP contribution < -0.4 is 0 Å². The smallest absolute Gasteiger partial charge is 0.0615 e. The molecule has 2 atom stereocenters. The van der Waals surface area contributed by atoms with Crippen LogP contribution in [0.4, 0.5) is 0 Å². The lowest BCUT2D eigenvalue weighted by atomic mass is 9.61. The second kappa shape index (κ2) is 3.71. The molecule has 1 N–H and O–H groups in total. The summed E-state index contributed by atoms with van der Waals surface area (Å²) in [6.45, 7) is 5.29. The molecule has 2 heteroatoms. The third-order valence-corrected chi connectivity index (χ3v) is 5.50. The Morgan fingerprint density at radius 1 is 1.19 bits per heavy atom. The molecule has 0 aromatic carbocycles. The van der Waals surface area contributed by atoms with E-state index in [0.717, 1.165) is 5.92 Å². The molecule has 3 rings (SSSR count). The van der Waals surface area contributed by atoms with Gasteiger partial charge in [-0.3, -0.25) is 4.90 Å². The lowest BCUT2D eigenvalue weighted by Gasteiger charge is -2.63. The van der Waals surface area contributed by atoms with E-state index in [0.29, 0.717) is 12.0 Å². The van der Waals surface area contributed by atoms with Gasteiger partial charge in [-0.05, 0) is 37.0 Å². The van der Waals surface area contributed by atoms with E-state index in [1.165, 1.54) is 58.0 Å². The van der Waals surface area contributed by atoms with Gasteiger partial charge >= 0.3 is 0 Å². The molecule has 3 fully saturated rings. The summed E-state index contributed by atoms with van der Waals surface area (Å²) in [6, 6.07) is 0. The Labute approximate surface area is 99.0 Å². The van der Waals surface area contributed by atoms with Gasteiger partial charge in [0.1, 0.15) is 0 Å². The van der Waals surface area contributed by atoms with E-state index in [1.54, 1.807) is 0 Å². The Bertz CT molecular complexity index is 266. The molecule has 1 spiro atoms. The largest absolute Gasteiger partial charge is 0.394 e. The van der Waals surface area contributed by atoms with Crippen LogP contribution in [0.25, 0.3) is 0 Å². The zero-order valence-electron chi connectivity index (χ0n) is 10.5. The summed E-state index contributed by atoms with van der Waals surface area (Å²) in [5, 5.41) is 9.81. The molecule has 0 bridgehead atoms. The molecular formula is C14H25NO. The van der Waals surface area contributed by atoms with Crippen molar-refractivity contribution in [3.05, 3.63) is 0 Å². The Kier molecular flexibility index (Phi) is 2.56. The van der Waals surface area contributed by atoms with Crippen LogP contribution >= 0.6 is 0 Å². The average molecular weight is 223 g/mol. The Hall–Kier alpha value is -0.0800.